The van der Waals surface area contributed by atoms with Crippen LogP contribution in [-0.2, 0) is 11.3 Å². The van der Waals surface area contributed by atoms with Crippen LogP contribution in [0.1, 0.15) is 24.1 Å². The van der Waals surface area contributed by atoms with Gasteiger partial charge in [-0.05, 0) is 49.4 Å². The van der Waals surface area contributed by atoms with Gasteiger partial charge in [0.2, 0.25) is 5.91 Å². The summed E-state index contributed by atoms with van der Waals surface area (Å²) in [5.41, 5.74) is 2.21. The van der Waals surface area contributed by atoms with Crippen molar-refractivity contribution in [2.45, 2.75) is 19.5 Å². The van der Waals surface area contributed by atoms with Crippen LogP contribution in [-0.4, -0.2) is 31.0 Å². The van der Waals surface area contributed by atoms with E-state index in [1.54, 1.807) is 6.08 Å². The molecule has 0 aliphatic carbocycles. The molecule has 26 heavy (non-hydrogen) atoms. The predicted octanol–water partition coefficient (Wildman–Crippen LogP) is 4.32. The molecular formula is C21H25BrN2O2. The van der Waals surface area contributed by atoms with Gasteiger partial charge in [-0.2, -0.15) is 0 Å². The van der Waals surface area contributed by atoms with E-state index in [0.29, 0.717) is 19.7 Å². The zero-order valence-electron chi connectivity index (χ0n) is 15.2. The first-order valence-corrected chi connectivity index (χ1v) is 9.33. The van der Waals surface area contributed by atoms with Gasteiger partial charge in [-0.1, -0.05) is 52.9 Å². The Bertz CT molecular complexity index is 714. The monoisotopic (exact) mass is 416 g/mol. The van der Waals surface area contributed by atoms with Gasteiger partial charge in [0.15, 0.2) is 0 Å². The predicted molar refractivity (Wildman–Crippen MR) is 109 cm³/mol. The maximum Gasteiger partial charge on any atom is 0.234 e. The highest BCUT2D eigenvalue weighted by Gasteiger charge is 2.12. The summed E-state index contributed by atoms with van der Waals surface area (Å²) in [5.74, 6) is 0.825. The number of carbonyl (C=O) groups is 1. The molecule has 0 heterocycles. The van der Waals surface area contributed by atoms with Gasteiger partial charge in [-0.3, -0.25) is 9.69 Å². The number of nitrogens with zero attached hydrogens (tertiary/aromatic N) is 1. The number of benzene rings is 2. The quantitative estimate of drug-likeness (QED) is 0.618. The molecule has 0 saturated carbocycles. The topological polar surface area (TPSA) is 41.6 Å². The number of carbonyl (C=O) groups excluding carboxylic acids is 1. The molecule has 0 saturated heterocycles. The molecule has 1 N–H and O–H groups in total. The van der Waals surface area contributed by atoms with Crippen molar-refractivity contribution in [3.8, 4) is 5.75 Å². The van der Waals surface area contributed by atoms with Crippen LogP contribution in [0.15, 0.2) is 65.7 Å². The molecule has 0 bridgehead atoms. The Morgan fingerprint density at radius 3 is 2.50 bits per heavy atom. The number of rotatable bonds is 9. The average molecular weight is 417 g/mol. The summed E-state index contributed by atoms with van der Waals surface area (Å²) in [4.78, 5) is 14.3. The Balaban J connectivity index is 1.80. The molecule has 0 aromatic heterocycles. The fourth-order valence-electron chi connectivity index (χ4n) is 2.58. The van der Waals surface area contributed by atoms with Crippen LogP contribution in [0, 0.1) is 0 Å². The van der Waals surface area contributed by atoms with Gasteiger partial charge in [0.05, 0.1) is 12.6 Å². The highest BCUT2D eigenvalue weighted by atomic mass is 79.9. The molecule has 5 heteroatoms. The lowest BCUT2D eigenvalue weighted by Gasteiger charge is -2.19. The van der Waals surface area contributed by atoms with Gasteiger partial charge in [0.1, 0.15) is 12.4 Å². The van der Waals surface area contributed by atoms with E-state index in [4.69, 9.17) is 4.74 Å². The van der Waals surface area contributed by atoms with Crippen molar-refractivity contribution in [3.63, 3.8) is 0 Å². The zero-order chi connectivity index (χ0) is 18.9. The number of hydrogen-bond donors (Lipinski definition) is 1. The van der Waals surface area contributed by atoms with Crippen LogP contribution >= 0.6 is 15.9 Å². The van der Waals surface area contributed by atoms with Gasteiger partial charge in [0.25, 0.3) is 0 Å². The van der Waals surface area contributed by atoms with Crippen molar-refractivity contribution >= 4 is 21.8 Å². The van der Waals surface area contributed by atoms with Gasteiger partial charge in [-0.15, -0.1) is 0 Å². The Labute approximate surface area is 164 Å². The SMILES string of the molecule is C=CCOc1ccc(CN(C)CC(=O)NC(C)c2ccc(Br)cc2)cc1. The van der Waals surface area contributed by atoms with E-state index < -0.39 is 0 Å². The third-order valence-corrected chi connectivity index (χ3v) is 4.43. The normalized spacial score (nSPS) is 11.8. The average Bonchev–Trinajstić information content (AvgIpc) is 2.61. The smallest absolute Gasteiger partial charge is 0.234 e. The van der Waals surface area contributed by atoms with E-state index in [9.17, 15) is 4.79 Å². The summed E-state index contributed by atoms with van der Waals surface area (Å²) in [6, 6.07) is 15.8. The van der Waals surface area contributed by atoms with Crippen LogP contribution in [0.5, 0.6) is 5.75 Å². The van der Waals surface area contributed by atoms with Crippen LogP contribution in [0.25, 0.3) is 0 Å². The molecule has 0 aliphatic heterocycles. The van der Waals surface area contributed by atoms with E-state index >= 15 is 0 Å². The second-order valence-corrected chi connectivity index (χ2v) is 7.17. The Morgan fingerprint density at radius 1 is 1.23 bits per heavy atom. The summed E-state index contributed by atoms with van der Waals surface area (Å²) in [7, 11) is 1.94. The summed E-state index contributed by atoms with van der Waals surface area (Å²) in [6.45, 7) is 7.16. The molecule has 2 aromatic carbocycles. The Hall–Kier alpha value is -2.11. The van der Waals surface area contributed by atoms with Gasteiger partial charge >= 0.3 is 0 Å². The minimum atomic E-state index is -0.0229. The second-order valence-electron chi connectivity index (χ2n) is 6.26. The standard InChI is InChI=1S/C21H25BrN2O2/c1-4-13-26-20-11-5-17(6-12-20)14-24(3)15-21(25)23-16(2)18-7-9-19(22)10-8-18/h4-12,16H,1,13-15H2,2-3H3,(H,23,25). The largest absolute Gasteiger partial charge is 0.490 e. The maximum atomic E-state index is 12.3. The number of halogens is 1. The van der Waals surface area contributed by atoms with Gasteiger partial charge in [0, 0.05) is 11.0 Å². The fraction of sp³-hybridized carbons (Fsp3) is 0.286. The number of nitrogens with one attached hydrogen (secondary N) is 1. The molecular weight excluding hydrogens is 392 g/mol. The highest BCUT2D eigenvalue weighted by molar-refractivity contribution is 9.10. The molecule has 1 amide bonds. The molecule has 2 rings (SSSR count). The molecule has 1 atom stereocenters. The lowest BCUT2D eigenvalue weighted by atomic mass is 10.1. The van der Waals surface area contributed by atoms with E-state index in [-0.39, 0.29) is 11.9 Å². The van der Waals surface area contributed by atoms with Crippen molar-refractivity contribution in [1.29, 1.82) is 0 Å². The summed E-state index contributed by atoms with van der Waals surface area (Å²) in [5, 5.41) is 3.04. The molecule has 0 spiro atoms. The molecule has 0 aliphatic rings. The van der Waals surface area contributed by atoms with Crippen LogP contribution in [0.2, 0.25) is 0 Å². The van der Waals surface area contributed by atoms with Crippen molar-refractivity contribution in [2.24, 2.45) is 0 Å². The third kappa shape index (κ3) is 6.65. The number of likely N-dealkylation sites (N-methyl/N-ethyl adjacent to an activating group) is 1. The van der Waals surface area contributed by atoms with Crippen LogP contribution in [0.3, 0.4) is 0 Å². The molecule has 4 nitrogen and oxygen atoms in total. The van der Waals surface area contributed by atoms with E-state index in [1.165, 1.54) is 0 Å². The number of hydrogen-bond acceptors (Lipinski definition) is 3. The van der Waals surface area contributed by atoms with Crippen molar-refractivity contribution in [3.05, 3.63) is 76.8 Å². The lowest BCUT2D eigenvalue weighted by molar-refractivity contribution is -0.122. The van der Waals surface area contributed by atoms with Crippen molar-refractivity contribution in [2.75, 3.05) is 20.2 Å². The minimum absolute atomic E-state index is 0.00820. The lowest BCUT2D eigenvalue weighted by Crippen LogP contribution is -2.36. The maximum absolute atomic E-state index is 12.3. The van der Waals surface area contributed by atoms with Gasteiger partial charge < -0.3 is 10.1 Å². The van der Waals surface area contributed by atoms with E-state index in [0.717, 1.165) is 21.3 Å². The van der Waals surface area contributed by atoms with Crippen molar-refractivity contribution < 1.29 is 9.53 Å². The van der Waals surface area contributed by atoms with E-state index in [1.807, 2.05) is 67.4 Å². The van der Waals surface area contributed by atoms with Crippen LogP contribution in [0.4, 0.5) is 0 Å². The molecule has 2 aromatic rings. The summed E-state index contributed by atoms with van der Waals surface area (Å²) in [6.07, 6.45) is 1.72. The molecule has 0 fully saturated rings. The summed E-state index contributed by atoms with van der Waals surface area (Å²) < 4.78 is 6.50. The van der Waals surface area contributed by atoms with E-state index in [2.05, 4.69) is 27.8 Å². The Morgan fingerprint density at radius 2 is 1.88 bits per heavy atom. The fourth-order valence-corrected chi connectivity index (χ4v) is 2.85. The Kier molecular flexibility index (Phi) is 7.88. The molecule has 138 valence electrons. The first-order valence-electron chi connectivity index (χ1n) is 8.54. The first-order chi connectivity index (χ1) is 12.5. The van der Waals surface area contributed by atoms with Crippen LogP contribution < -0.4 is 10.1 Å². The first kappa shape index (κ1) is 20.2. The number of ether oxygens (including phenoxy) is 1. The molecule has 0 radical (unpaired) electrons. The third-order valence-electron chi connectivity index (χ3n) is 3.90. The summed E-state index contributed by atoms with van der Waals surface area (Å²) >= 11 is 3.42. The zero-order valence-corrected chi connectivity index (χ0v) is 16.8. The molecule has 1 unspecified atom stereocenters. The van der Waals surface area contributed by atoms with Gasteiger partial charge in [-0.25, -0.2) is 0 Å². The highest BCUT2D eigenvalue weighted by Crippen LogP contribution is 2.17. The minimum Gasteiger partial charge on any atom is -0.490 e. The van der Waals surface area contributed by atoms with Crippen molar-refractivity contribution in [1.82, 2.24) is 10.2 Å². The number of amides is 1. The second kappa shape index (κ2) is 10.1.